The van der Waals surface area contributed by atoms with Crippen LogP contribution in [0.5, 0.6) is 0 Å². The van der Waals surface area contributed by atoms with Crippen LogP contribution in [0.4, 0.5) is 4.79 Å². The molecule has 0 aliphatic carbocycles. The second-order valence-corrected chi connectivity index (χ2v) is 2.65. The number of carbonyl (C=O) groups is 2. The van der Waals surface area contributed by atoms with E-state index in [2.05, 4.69) is 29.7 Å². The fourth-order valence-corrected chi connectivity index (χ4v) is 0.943. The number of carbonyl (C=O) groups excluding carboxylic acids is 2. The van der Waals surface area contributed by atoms with E-state index in [1.807, 2.05) is 0 Å². The lowest BCUT2D eigenvalue weighted by atomic mass is 10.3. The van der Waals surface area contributed by atoms with Gasteiger partial charge in [0.15, 0.2) is 0 Å². The van der Waals surface area contributed by atoms with Gasteiger partial charge in [-0.3, -0.25) is 5.10 Å². The molecule has 0 radical (unpaired) electrons. The first-order chi connectivity index (χ1) is 8.19. The molecule has 1 aromatic rings. The molecule has 1 N–H and O–H groups in total. The van der Waals surface area contributed by atoms with Crippen molar-refractivity contribution in [3.8, 4) is 0 Å². The summed E-state index contributed by atoms with van der Waals surface area (Å²) in [5.41, 5.74) is -0.0389. The number of aromatic nitrogens is 2. The van der Waals surface area contributed by atoms with Crippen molar-refractivity contribution in [3.63, 3.8) is 0 Å². The quantitative estimate of drug-likeness (QED) is 0.355. The highest BCUT2D eigenvalue weighted by atomic mass is 16.7. The van der Waals surface area contributed by atoms with Crippen molar-refractivity contribution in [1.82, 2.24) is 10.2 Å². The molecule has 92 valence electrons. The molecule has 0 spiro atoms. The molecule has 8 nitrogen and oxygen atoms in total. The number of hydrogen-bond acceptors (Lipinski definition) is 7. The van der Waals surface area contributed by atoms with Crippen molar-refractivity contribution in [2.24, 2.45) is 5.16 Å². The molecule has 0 saturated heterocycles. The summed E-state index contributed by atoms with van der Waals surface area (Å²) in [6, 6.07) is 1.48. The summed E-state index contributed by atoms with van der Waals surface area (Å²) in [5.74, 6) is -1.00. The van der Waals surface area contributed by atoms with Gasteiger partial charge in [-0.1, -0.05) is 5.16 Å². The van der Waals surface area contributed by atoms with Gasteiger partial charge in [0.25, 0.3) is 0 Å². The SMILES string of the molecule is CCOC(=O)OC(=O)C(=NOC)c1cc[nH]n1. The van der Waals surface area contributed by atoms with E-state index >= 15 is 0 Å². The van der Waals surface area contributed by atoms with Crippen LogP contribution in [0.15, 0.2) is 17.4 Å². The maximum absolute atomic E-state index is 11.5. The molecule has 0 bridgehead atoms. The monoisotopic (exact) mass is 241 g/mol. The average molecular weight is 241 g/mol. The molecular formula is C9H11N3O5. The summed E-state index contributed by atoms with van der Waals surface area (Å²) in [7, 11) is 1.25. The summed E-state index contributed by atoms with van der Waals surface area (Å²) in [5, 5.41) is 9.64. The van der Waals surface area contributed by atoms with Crippen LogP contribution in [-0.4, -0.2) is 41.8 Å². The Labute approximate surface area is 96.5 Å². The minimum Gasteiger partial charge on any atom is -0.434 e. The third-order valence-corrected chi connectivity index (χ3v) is 1.56. The van der Waals surface area contributed by atoms with Crippen molar-refractivity contribution >= 4 is 17.8 Å². The molecule has 1 aromatic heterocycles. The zero-order chi connectivity index (χ0) is 12.7. The number of nitrogens with zero attached hydrogens (tertiary/aromatic N) is 2. The summed E-state index contributed by atoms with van der Waals surface area (Å²) in [6.07, 6.45) is 0.384. The summed E-state index contributed by atoms with van der Waals surface area (Å²) in [4.78, 5) is 26.9. The molecule has 0 aliphatic rings. The normalized spacial score (nSPS) is 10.8. The number of rotatable bonds is 4. The van der Waals surface area contributed by atoms with Gasteiger partial charge < -0.3 is 14.3 Å². The van der Waals surface area contributed by atoms with Crippen molar-refractivity contribution < 1.29 is 23.9 Å². The van der Waals surface area contributed by atoms with Crippen molar-refractivity contribution in [1.29, 1.82) is 0 Å². The summed E-state index contributed by atoms with van der Waals surface area (Å²) in [6.45, 7) is 1.69. The van der Waals surface area contributed by atoms with Gasteiger partial charge in [-0.05, 0) is 13.0 Å². The largest absolute Gasteiger partial charge is 0.516 e. The van der Waals surface area contributed by atoms with E-state index in [1.165, 1.54) is 19.4 Å². The molecule has 17 heavy (non-hydrogen) atoms. The van der Waals surface area contributed by atoms with Gasteiger partial charge in [0.1, 0.15) is 12.8 Å². The first-order valence-corrected chi connectivity index (χ1v) is 4.69. The number of oxime groups is 1. The van der Waals surface area contributed by atoms with Crippen LogP contribution in [0.2, 0.25) is 0 Å². The van der Waals surface area contributed by atoms with Crippen LogP contribution >= 0.6 is 0 Å². The summed E-state index contributed by atoms with van der Waals surface area (Å²) >= 11 is 0. The Bertz CT molecular complexity index is 412. The van der Waals surface area contributed by atoms with E-state index in [9.17, 15) is 9.59 Å². The Morgan fingerprint density at radius 1 is 1.53 bits per heavy atom. The van der Waals surface area contributed by atoms with Crippen LogP contribution in [0.25, 0.3) is 0 Å². The Kier molecular flexibility index (Phi) is 4.67. The third-order valence-electron chi connectivity index (χ3n) is 1.56. The van der Waals surface area contributed by atoms with Crippen molar-refractivity contribution in [2.75, 3.05) is 13.7 Å². The van der Waals surface area contributed by atoms with E-state index in [0.29, 0.717) is 0 Å². The van der Waals surface area contributed by atoms with Crippen molar-refractivity contribution in [3.05, 3.63) is 18.0 Å². The Balaban J connectivity index is 2.76. The molecular weight excluding hydrogens is 230 g/mol. The third kappa shape index (κ3) is 3.59. The predicted molar refractivity (Wildman–Crippen MR) is 55.2 cm³/mol. The van der Waals surface area contributed by atoms with E-state index < -0.39 is 12.1 Å². The van der Waals surface area contributed by atoms with Crippen LogP contribution in [0, 0.1) is 0 Å². The molecule has 0 amide bonds. The predicted octanol–water partition coefficient (Wildman–Crippen LogP) is 0.460. The molecule has 8 heteroatoms. The maximum atomic E-state index is 11.5. The highest BCUT2D eigenvalue weighted by Crippen LogP contribution is 2.00. The smallest absolute Gasteiger partial charge is 0.434 e. The topological polar surface area (TPSA) is 103 Å². The zero-order valence-electron chi connectivity index (χ0n) is 9.30. The Morgan fingerprint density at radius 3 is 2.82 bits per heavy atom. The molecule has 1 heterocycles. The molecule has 1 rings (SSSR count). The minimum absolute atomic E-state index is 0.102. The molecule has 0 atom stereocenters. The first kappa shape index (κ1) is 12.7. The van der Waals surface area contributed by atoms with Crippen LogP contribution in [0.1, 0.15) is 12.6 Å². The fraction of sp³-hybridized carbons (Fsp3) is 0.333. The standard InChI is InChI=1S/C9H11N3O5/c1-3-16-9(14)17-8(13)7(12-15-2)6-4-5-10-11-6/h4-5H,3H2,1-2H3,(H,10,11). The number of ether oxygens (including phenoxy) is 2. The molecule has 0 unspecified atom stereocenters. The second kappa shape index (κ2) is 6.26. The minimum atomic E-state index is -1.10. The number of hydrogen-bond donors (Lipinski definition) is 1. The van der Waals surface area contributed by atoms with E-state index in [-0.39, 0.29) is 18.0 Å². The number of nitrogens with one attached hydrogen (secondary N) is 1. The average Bonchev–Trinajstić information content (AvgIpc) is 2.79. The Morgan fingerprint density at radius 2 is 2.29 bits per heavy atom. The van der Waals surface area contributed by atoms with E-state index in [1.54, 1.807) is 6.92 Å². The van der Waals surface area contributed by atoms with Gasteiger partial charge in [-0.15, -0.1) is 0 Å². The van der Waals surface area contributed by atoms with E-state index in [4.69, 9.17) is 0 Å². The lowest BCUT2D eigenvalue weighted by Gasteiger charge is -2.02. The van der Waals surface area contributed by atoms with Crippen LogP contribution in [0.3, 0.4) is 0 Å². The summed E-state index contributed by atoms with van der Waals surface area (Å²) < 4.78 is 8.82. The van der Waals surface area contributed by atoms with Crippen LogP contribution in [-0.2, 0) is 19.1 Å². The van der Waals surface area contributed by atoms with Gasteiger partial charge in [0.05, 0.1) is 6.61 Å². The fourth-order valence-electron chi connectivity index (χ4n) is 0.943. The molecule has 0 saturated carbocycles. The lowest BCUT2D eigenvalue weighted by molar-refractivity contribution is -0.132. The number of H-pyrrole nitrogens is 1. The second-order valence-electron chi connectivity index (χ2n) is 2.65. The molecule has 0 aliphatic heterocycles. The van der Waals surface area contributed by atoms with Gasteiger partial charge >= 0.3 is 12.1 Å². The maximum Gasteiger partial charge on any atom is 0.516 e. The van der Waals surface area contributed by atoms with Gasteiger partial charge in [-0.25, -0.2) is 9.59 Å². The van der Waals surface area contributed by atoms with Crippen LogP contribution < -0.4 is 0 Å². The first-order valence-electron chi connectivity index (χ1n) is 4.69. The zero-order valence-corrected chi connectivity index (χ0v) is 9.30. The lowest BCUT2D eigenvalue weighted by Crippen LogP contribution is -2.23. The number of aromatic amines is 1. The highest BCUT2D eigenvalue weighted by molar-refractivity contribution is 6.43. The van der Waals surface area contributed by atoms with Gasteiger partial charge in [0, 0.05) is 6.20 Å². The molecule has 0 aromatic carbocycles. The van der Waals surface area contributed by atoms with Crippen molar-refractivity contribution in [2.45, 2.75) is 6.92 Å². The highest BCUT2D eigenvalue weighted by Gasteiger charge is 2.22. The Hall–Kier alpha value is -2.38. The molecule has 0 fully saturated rings. The van der Waals surface area contributed by atoms with E-state index in [0.717, 1.165) is 0 Å². The van der Waals surface area contributed by atoms with Gasteiger partial charge in [-0.2, -0.15) is 5.10 Å². The van der Waals surface area contributed by atoms with Gasteiger partial charge in [0.2, 0.25) is 5.71 Å². The number of esters is 1.